The number of rotatable bonds is 4. The van der Waals surface area contributed by atoms with Gasteiger partial charge in [-0.2, -0.15) is 0 Å². The molecule has 0 unspecified atom stereocenters. The van der Waals surface area contributed by atoms with Crippen molar-refractivity contribution in [3.8, 4) is 27.9 Å². The summed E-state index contributed by atoms with van der Waals surface area (Å²) < 4.78 is 10.0. The first kappa shape index (κ1) is 41.2. The molecule has 0 saturated carbocycles. The Bertz CT molecular complexity index is 3960. The molecular weight excluding hydrogens is 850 g/mol. The van der Waals surface area contributed by atoms with E-state index in [9.17, 15) is 0 Å². The van der Waals surface area contributed by atoms with Crippen LogP contribution in [0, 0.1) is 0 Å². The zero-order valence-corrected chi connectivity index (χ0v) is 41.1. The van der Waals surface area contributed by atoms with Crippen molar-refractivity contribution >= 4 is 90.0 Å². The molecule has 4 heterocycles. The van der Waals surface area contributed by atoms with Gasteiger partial charge in [0.25, 0.3) is 0 Å². The SMILES string of the molecule is CC(C)(C)c1ccc(N2B3c4cc5c(cc4-n4c6ccc(C(C)(C)C)cc6c6c7c(oc8ccccc87)c(c3c64)-c3cc(N(c4ccccc4)c4ccccc4)ccc32)-c2ccccc2C5(C)C)cc1. The van der Waals surface area contributed by atoms with E-state index in [1.54, 1.807) is 0 Å². The number of furan rings is 1. The Balaban J connectivity index is 1.19. The maximum Gasteiger partial charge on any atom is 0.333 e. The summed E-state index contributed by atoms with van der Waals surface area (Å²) in [4.78, 5) is 5.05. The minimum absolute atomic E-state index is 0.00264. The van der Waals surface area contributed by atoms with Gasteiger partial charge in [0, 0.05) is 72.2 Å². The summed E-state index contributed by atoms with van der Waals surface area (Å²) in [5.41, 5.74) is 23.8. The zero-order valence-electron chi connectivity index (χ0n) is 41.1. The molecule has 70 heavy (non-hydrogen) atoms. The van der Waals surface area contributed by atoms with Crippen LogP contribution in [-0.2, 0) is 16.2 Å². The van der Waals surface area contributed by atoms with Gasteiger partial charge in [0.2, 0.25) is 0 Å². The second-order valence-electron chi connectivity index (χ2n) is 22.5. The average molecular weight is 904 g/mol. The maximum atomic E-state index is 7.40. The van der Waals surface area contributed by atoms with E-state index < -0.39 is 0 Å². The van der Waals surface area contributed by atoms with Crippen LogP contribution in [0.3, 0.4) is 0 Å². The Kier molecular flexibility index (Phi) is 8.35. The molecule has 0 fully saturated rings. The van der Waals surface area contributed by atoms with Gasteiger partial charge in [-0.25, -0.2) is 0 Å². The highest BCUT2D eigenvalue weighted by Crippen LogP contribution is 2.55. The molecule has 2 aliphatic heterocycles. The lowest BCUT2D eigenvalue weighted by atomic mass is 9.43. The minimum Gasteiger partial charge on any atom is -0.455 e. The molecule has 3 aliphatic rings. The summed E-state index contributed by atoms with van der Waals surface area (Å²) in [6, 6.07) is 68.3. The number of fused-ring (bicyclic) bond motifs is 16. The van der Waals surface area contributed by atoms with Gasteiger partial charge in [-0.15, -0.1) is 0 Å². The summed E-state index contributed by atoms with van der Waals surface area (Å²) in [5.74, 6) is 0. The molecule has 0 N–H and O–H groups in total. The molecule has 5 heteroatoms. The lowest BCUT2D eigenvalue weighted by Gasteiger charge is -2.43. The molecule has 14 rings (SSSR count). The topological polar surface area (TPSA) is 24.6 Å². The van der Waals surface area contributed by atoms with Crippen LogP contribution in [-0.4, -0.2) is 11.4 Å². The van der Waals surface area contributed by atoms with Gasteiger partial charge >= 0.3 is 6.85 Å². The van der Waals surface area contributed by atoms with Crippen molar-refractivity contribution < 1.29 is 4.42 Å². The smallest absolute Gasteiger partial charge is 0.333 e. The third-order valence-electron chi connectivity index (χ3n) is 16.0. The van der Waals surface area contributed by atoms with Gasteiger partial charge in [0.15, 0.2) is 0 Å². The van der Waals surface area contributed by atoms with Gasteiger partial charge in [0.05, 0.1) is 11.0 Å². The molecule has 0 saturated heterocycles. The van der Waals surface area contributed by atoms with Crippen molar-refractivity contribution in [2.24, 2.45) is 0 Å². The van der Waals surface area contributed by atoms with E-state index in [0.717, 1.165) is 56.1 Å². The van der Waals surface area contributed by atoms with E-state index in [1.807, 2.05) is 0 Å². The maximum absolute atomic E-state index is 7.40. The molecule has 0 atom stereocenters. The molecule has 0 radical (unpaired) electrons. The number of hydrogen-bond acceptors (Lipinski definition) is 3. The van der Waals surface area contributed by atoms with Gasteiger partial charge in [0.1, 0.15) is 11.2 Å². The highest BCUT2D eigenvalue weighted by molar-refractivity contribution is 6.94. The van der Waals surface area contributed by atoms with Crippen molar-refractivity contribution in [3.05, 3.63) is 204 Å². The first-order valence-corrected chi connectivity index (χ1v) is 25.0. The van der Waals surface area contributed by atoms with Crippen LogP contribution in [0.5, 0.6) is 0 Å². The quantitative estimate of drug-likeness (QED) is 0.165. The molecular formula is C65H54BN3O. The monoisotopic (exact) mass is 903 g/mol. The molecule has 0 amide bonds. The first-order chi connectivity index (χ1) is 33.8. The fraction of sp³-hybridized carbons (Fsp3) is 0.169. The Morgan fingerprint density at radius 2 is 1.17 bits per heavy atom. The minimum atomic E-state index is -0.193. The number of nitrogens with zero attached hydrogens (tertiary/aromatic N) is 3. The van der Waals surface area contributed by atoms with Gasteiger partial charge in [-0.3, -0.25) is 0 Å². The normalized spacial score (nSPS) is 14.3. The summed E-state index contributed by atoms with van der Waals surface area (Å²) in [7, 11) is 0. The number of para-hydroxylation sites is 3. The number of hydrogen-bond donors (Lipinski definition) is 0. The largest absolute Gasteiger partial charge is 0.455 e. The van der Waals surface area contributed by atoms with Crippen molar-refractivity contribution in [2.75, 3.05) is 9.71 Å². The molecule has 338 valence electrons. The van der Waals surface area contributed by atoms with Crippen LogP contribution in [0.15, 0.2) is 186 Å². The number of anilines is 5. The molecule has 11 aromatic rings. The predicted molar refractivity (Wildman–Crippen MR) is 297 cm³/mol. The summed E-state index contributed by atoms with van der Waals surface area (Å²) in [6.45, 7) is 18.5. The Hall–Kier alpha value is -7.76. The highest BCUT2D eigenvalue weighted by Gasteiger charge is 2.48. The summed E-state index contributed by atoms with van der Waals surface area (Å²) >= 11 is 0. The summed E-state index contributed by atoms with van der Waals surface area (Å²) in [5, 5.41) is 4.83. The van der Waals surface area contributed by atoms with Crippen LogP contribution in [0.25, 0.3) is 71.7 Å². The molecule has 4 nitrogen and oxygen atoms in total. The second-order valence-corrected chi connectivity index (χ2v) is 22.5. The summed E-state index contributed by atoms with van der Waals surface area (Å²) in [6.07, 6.45) is 0. The van der Waals surface area contributed by atoms with Crippen LogP contribution < -0.4 is 20.6 Å². The van der Waals surface area contributed by atoms with E-state index in [1.165, 1.54) is 77.2 Å². The second kappa shape index (κ2) is 14.2. The lowest BCUT2D eigenvalue weighted by molar-refractivity contribution is 0.590. The van der Waals surface area contributed by atoms with Gasteiger partial charge in [-0.05, 0) is 134 Å². The fourth-order valence-electron chi connectivity index (χ4n) is 12.6. The van der Waals surface area contributed by atoms with E-state index in [-0.39, 0.29) is 23.1 Å². The molecule has 0 bridgehead atoms. The van der Waals surface area contributed by atoms with Crippen LogP contribution >= 0.6 is 0 Å². The third kappa shape index (κ3) is 5.60. The van der Waals surface area contributed by atoms with E-state index in [4.69, 9.17) is 4.42 Å². The van der Waals surface area contributed by atoms with Crippen molar-refractivity contribution in [2.45, 2.75) is 71.6 Å². The fourth-order valence-corrected chi connectivity index (χ4v) is 12.6. The van der Waals surface area contributed by atoms with Crippen LogP contribution in [0.4, 0.5) is 28.4 Å². The Morgan fingerprint density at radius 3 is 1.89 bits per heavy atom. The molecule has 9 aromatic carbocycles. The Labute approximate surface area is 410 Å². The highest BCUT2D eigenvalue weighted by atomic mass is 16.3. The van der Waals surface area contributed by atoms with E-state index in [0.29, 0.717) is 0 Å². The molecule has 2 aromatic heterocycles. The molecule has 0 spiro atoms. The predicted octanol–water partition coefficient (Wildman–Crippen LogP) is 16.3. The van der Waals surface area contributed by atoms with Crippen molar-refractivity contribution in [1.29, 1.82) is 0 Å². The van der Waals surface area contributed by atoms with E-state index >= 15 is 0 Å². The first-order valence-electron chi connectivity index (χ1n) is 25.0. The van der Waals surface area contributed by atoms with Crippen molar-refractivity contribution in [3.63, 3.8) is 0 Å². The lowest BCUT2D eigenvalue weighted by Crippen LogP contribution is -2.60. The number of aromatic nitrogens is 1. The van der Waals surface area contributed by atoms with Gasteiger partial charge in [-0.1, -0.05) is 159 Å². The van der Waals surface area contributed by atoms with E-state index in [2.05, 4.69) is 252 Å². The van der Waals surface area contributed by atoms with Crippen molar-refractivity contribution in [1.82, 2.24) is 4.57 Å². The number of benzene rings is 9. The standard InChI is InChI=1S/C65H54BN3O/c1-63(2,3)39-27-30-43(31-28-39)69-54-34-32-44(67(41-19-11-9-12-20-41)42-21-13-10-14-22-42)36-49(54)59-60-61-57(58-46-24-16-18-26-56(46)70-62(58)59)48-35-40(64(4,5)6)29-33-53(48)68(61)55-37-47-45-23-15-17-25-50(45)65(7,8)51(47)38-52(55)66(60)69/h9-38H,1-8H3. The third-order valence-corrected chi connectivity index (χ3v) is 16.0. The zero-order chi connectivity index (χ0) is 47.6. The van der Waals surface area contributed by atoms with Crippen LogP contribution in [0.2, 0.25) is 0 Å². The van der Waals surface area contributed by atoms with Crippen LogP contribution in [0.1, 0.15) is 77.6 Å². The Morgan fingerprint density at radius 1 is 0.514 bits per heavy atom. The molecule has 1 aliphatic carbocycles. The van der Waals surface area contributed by atoms with Gasteiger partial charge < -0.3 is 18.7 Å². The average Bonchev–Trinajstić information content (AvgIpc) is 3.99.